The van der Waals surface area contributed by atoms with Crippen LogP contribution in [0.25, 0.3) is 11.0 Å². The van der Waals surface area contributed by atoms with E-state index in [2.05, 4.69) is 23.8 Å². The maximum Gasteiger partial charge on any atom is 0.278 e. The van der Waals surface area contributed by atoms with Crippen LogP contribution in [0.4, 0.5) is 5.69 Å². The highest BCUT2D eigenvalue weighted by Gasteiger charge is 2.18. The van der Waals surface area contributed by atoms with Crippen LogP contribution >= 0.6 is 11.8 Å². The number of fused-ring (bicyclic) bond motifs is 1. The molecule has 0 aliphatic heterocycles. The summed E-state index contributed by atoms with van der Waals surface area (Å²) in [5.41, 5.74) is 2.89. The molecule has 0 atom stereocenters. The van der Waals surface area contributed by atoms with Gasteiger partial charge in [0.1, 0.15) is 5.52 Å². The second kappa shape index (κ2) is 9.31. The SMILES string of the molecule is CCN(C(=O)CSc1nc2cc(C)[nH]c2c(=O)n1CCC(C)C)c1ccccc1. The summed E-state index contributed by atoms with van der Waals surface area (Å²) in [6.07, 6.45) is 0.874. The van der Waals surface area contributed by atoms with Crippen LogP contribution in [0.3, 0.4) is 0 Å². The molecule has 0 aliphatic rings. The van der Waals surface area contributed by atoms with Crippen molar-refractivity contribution in [1.82, 2.24) is 14.5 Å². The van der Waals surface area contributed by atoms with Gasteiger partial charge in [-0.1, -0.05) is 43.8 Å². The van der Waals surface area contributed by atoms with E-state index in [9.17, 15) is 9.59 Å². The molecule has 1 amide bonds. The molecule has 0 radical (unpaired) electrons. The van der Waals surface area contributed by atoms with Crippen LogP contribution in [0.5, 0.6) is 0 Å². The van der Waals surface area contributed by atoms with Crippen molar-refractivity contribution in [3.05, 3.63) is 52.4 Å². The van der Waals surface area contributed by atoms with Gasteiger partial charge in [0.25, 0.3) is 5.56 Å². The fraction of sp³-hybridized carbons (Fsp3) is 0.409. The molecular weight excluding hydrogens is 384 g/mol. The number of carbonyl (C=O) groups excluding carboxylic acids is 1. The summed E-state index contributed by atoms with van der Waals surface area (Å²) in [5, 5.41) is 0.597. The van der Waals surface area contributed by atoms with Gasteiger partial charge in [-0.05, 0) is 44.4 Å². The molecule has 0 saturated carbocycles. The Morgan fingerprint density at radius 2 is 2.00 bits per heavy atom. The predicted molar refractivity (Wildman–Crippen MR) is 120 cm³/mol. The van der Waals surface area contributed by atoms with Gasteiger partial charge in [0.2, 0.25) is 5.91 Å². The summed E-state index contributed by atoms with van der Waals surface area (Å²) >= 11 is 1.33. The molecule has 0 spiro atoms. The average molecular weight is 413 g/mol. The predicted octanol–water partition coefficient (Wildman–Crippen LogP) is 4.22. The van der Waals surface area contributed by atoms with Crippen molar-refractivity contribution in [3.8, 4) is 0 Å². The number of nitrogens with one attached hydrogen (secondary N) is 1. The Bertz CT molecular complexity index is 1040. The zero-order valence-corrected chi connectivity index (χ0v) is 18.3. The normalized spacial score (nSPS) is 11.3. The Hall–Kier alpha value is -2.54. The van der Waals surface area contributed by atoms with Gasteiger partial charge in [-0.3, -0.25) is 14.2 Å². The number of hydrogen-bond acceptors (Lipinski definition) is 4. The van der Waals surface area contributed by atoms with E-state index in [0.717, 1.165) is 17.8 Å². The summed E-state index contributed by atoms with van der Waals surface area (Å²) in [5.74, 6) is 0.695. The fourth-order valence-corrected chi connectivity index (χ4v) is 4.12. The van der Waals surface area contributed by atoms with Gasteiger partial charge in [-0.15, -0.1) is 0 Å². The first-order valence-electron chi connectivity index (χ1n) is 9.99. The number of anilines is 1. The molecule has 3 rings (SSSR count). The number of rotatable bonds is 8. The highest BCUT2D eigenvalue weighted by molar-refractivity contribution is 7.99. The van der Waals surface area contributed by atoms with Gasteiger partial charge in [0, 0.05) is 24.5 Å². The van der Waals surface area contributed by atoms with Crippen molar-refractivity contribution in [2.75, 3.05) is 17.2 Å². The van der Waals surface area contributed by atoms with E-state index in [1.54, 1.807) is 9.47 Å². The second-order valence-corrected chi connectivity index (χ2v) is 8.45. The summed E-state index contributed by atoms with van der Waals surface area (Å²) < 4.78 is 1.70. The number of carbonyl (C=O) groups is 1. The van der Waals surface area contributed by atoms with Crippen LogP contribution in [0.15, 0.2) is 46.3 Å². The monoisotopic (exact) mass is 412 g/mol. The molecule has 1 N–H and O–H groups in total. The summed E-state index contributed by atoms with van der Waals surface area (Å²) in [4.78, 5) is 35.4. The van der Waals surface area contributed by atoms with Crippen molar-refractivity contribution < 1.29 is 4.79 Å². The third-order valence-corrected chi connectivity index (χ3v) is 5.74. The van der Waals surface area contributed by atoms with Crippen molar-refractivity contribution >= 4 is 34.4 Å². The zero-order valence-electron chi connectivity index (χ0n) is 17.4. The molecule has 0 bridgehead atoms. The lowest BCUT2D eigenvalue weighted by Gasteiger charge is -2.21. The molecule has 154 valence electrons. The molecule has 2 aromatic heterocycles. The maximum atomic E-state index is 13.0. The van der Waals surface area contributed by atoms with Gasteiger partial charge >= 0.3 is 0 Å². The third kappa shape index (κ3) is 4.90. The number of amides is 1. The van der Waals surface area contributed by atoms with Crippen molar-refractivity contribution in [2.24, 2.45) is 5.92 Å². The number of para-hydroxylation sites is 1. The first-order chi connectivity index (χ1) is 13.9. The average Bonchev–Trinajstić information content (AvgIpc) is 3.07. The summed E-state index contributed by atoms with van der Waals surface area (Å²) in [6.45, 7) is 9.31. The van der Waals surface area contributed by atoms with E-state index in [0.29, 0.717) is 35.2 Å². The van der Waals surface area contributed by atoms with Gasteiger partial charge < -0.3 is 9.88 Å². The lowest BCUT2D eigenvalue weighted by atomic mass is 10.1. The lowest BCUT2D eigenvalue weighted by Crippen LogP contribution is -2.32. The molecule has 0 saturated heterocycles. The molecule has 1 aromatic carbocycles. The molecule has 3 aromatic rings. The lowest BCUT2D eigenvalue weighted by molar-refractivity contribution is -0.116. The quantitative estimate of drug-likeness (QED) is 0.444. The molecule has 29 heavy (non-hydrogen) atoms. The van der Waals surface area contributed by atoms with E-state index in [1.165, 1.54) is 11.8 Å². The number of thioether (sulfide) groups is 1. The first kappa shape index (κ1) is 21.2. The van der Waals surface area contributed by atoms with Crippen LogP contribution in [-0.2, 0) is 11.3 Å². The van der Waals surface area contributed by atoms with Gasteiger partial charge in [-0.2, -0.15) is 0 Å². The van der Waals surface area contributed by atoms with E-state index in [1.807, 2.05) is 50.2 Å². The van der Waals surface area contributed by atoms with Gasteiger partial charge in [0.15, 0.2) is 5.16 Å². The Labute approximate surface area is 175 Å². The molecule has 0 unspecified atom stereocenters. The van der Waals surface area contributed by atoms with Crippen LogP contribution in [-0.4, -0.2) is 32.7 Å². The Morgan fingerprint density at radius 1 is 1.28 bits per heavy atom. The zero-order chi connectivity index (χ0) is 21.0. The van der Waals surface area contributed by atoms with Crippen LogP contribution in [0, 0.1) is 12.8 Å². The second-order valence-electron chi connectivity index (χ2n) is 7.51. The van der Waals surface area contributed by atoms with Crippen molar-refractivity contribution in [1.29, 1.82) is 0 Å². The largest absolute Gasteiger partial charge is 0.353 e. The molecular formula is C22H28N4O2S. The first-order valence-corrected chi connectivity index (χ1v) is 11.0. The Morgan fingerprint density at radius 3 is 2.66 bits per heavy atom. The summed E-state index contributed by atoms with van der Waals surface area (Å²) in [7, 11) is 0. The topological polar surface area (TPSA) is 71.0 Å². The maximum absolute atomic E-state index is 13.0. The number of aromatic amines is 1. The number of aryl methyl sites for hydroxylation is 1. The highest BCUT2D eigenvalue weighted by atomic mass is 32.2. The van der Waals surface area contributed by atoms with Crippen LogP contribution < -0.4 is 10.5 Å². The minimum absolute atomic E-state index is 0.00120. The molecule has 6 nitrogen and oxygen atoms in total. The van der Waals surface area contributed by atoms with Gasteiger partial charge in [0.05, 0.1) is 11.3 Å². The molecule has 7 heteroatoms. The Kier molecular flexibility index (Phi) is 6.79. The van der Waals surface area contributed by atoms with Crippen LogP contribution in [0.1, 0.15) is 32.9 Å². The van der Waals surface area contributed by atoms with Crippen LogP contribution in [0.2, 0.25) is 0 Å². The van der Waals surface area contributed by atoms with Crippen molar-refractivity contribution in [2.45, 2.75) is 45.8 Å². The third-order valence-electron chi connectivity index (χ3n) is 4.78. The fourth-order valence-electron chi connectivity index (χ4n) is 3.22. The van der Waals surface area contributed by atoms with E-state index < -0.39 is 0 Å². The number of hydrogen-bond donors (Lipinski definition) is 1. The minimum Gasteiger partial charge on any atom is -0.353 e. The van der Waals surface area contributed by atoms with Crippen molar-refractivity contribution in [3.63, 3.8) is 0 Å². The number of H-pyrrole nitrogens is 1. The minimum atomic E-state index is -0.0749. The summed E-state index contributed by atoms with van der Waals surface area (Å²) in [6, 6.07) is 11.5. The standard InChI is InChI=1S/C22H28N4O2S/c1-5-25(17-9-7-6-8-10-17)19(27)14-29-22-24-18-13-16(4)23-20(18)21(28)26(22)12-11-15(2)3/h6-10,13,15,23H,5,11-12,14H2,1-4H3. The van der Waals surface area contributed by atoms with E-state index in [4.69, 9.17) is 0 Å². The smallest absolute Gasteiger partial charge is 0.278 e. The number of aromatic nitrogens is 3. The Balaban J connectivity index is 1.87. The molecule has 2 heterocycles. The van der Waals surface area contributed by atoms with E-state index >= 15 is 0 Å². The number of nitrogens with zero attached hydrogens (tertiary/aromatic N) is 3. The van der Waals surface area contributed by atoms with Gasteiger partial charge in [-0.25, -0.2) is 4.98 Å². The molecule has 0 fully saturated rings. The molecule has 0 aliphatic carbocycles. The highest BCUT2D eigenvalue weighted by Crippen LogP contribution is 2.21. The van der Waals surface area contributed by atoms with E-state index in [-0.39, 0.29) is 17.2 Å². The number of benzene rings is 1.